The average Bonchev–Trinajstić information content (AvgIpc) is 2.71. The van der Waals surface area contributed by atoms with Crippen LogP contribution in [0.3, 0.4) is 0 Å². The van der Waals surface area contributed by atoms with Crippen LogP contribution in [0.15, 0.2) is 52.8 Å². The van der Waals surface area contributed by atoms with E-state index in [-0.39, 0.29) is 16.8 Å². The van der Waals surface area contributed by atoms with Crippen molar-refractivity contribution in [3.8, 4) is 0 Å². The molecule has 22 heavy (non-hydrogen) atoms. The van der Waals surface area contributed by atoms with E-state index >= 15 is 0 Å². The molecule has 0 radical (unpaired) electrons. The minimum absolute atomic E-state index is 0.0754. The zero-order valence-electron chi connectivity index (χ0n) is 13.1. The van der Waals surface area contributed by atoms with Gasteiger partial charge in [0.05, 0.1) is 10.9 Å². The third kappa shape index (κ3) is 1.80. The lowest BCUT2D eigenvalue weighted by Gasteiger charge is -2.40. The summed E-state index contributed by atoms with van der Waals surface area (Å²) < 4.78 is 0. The van der Waals surface area contributed by atoms with Crippen LogP contribution in [-0.2, 0) is 0 Å². The summed E-state index contributed by atoms with van der Waals surface area (Å²) in [6.45, 7) is 6.46. The smallest absolute Gasteiger partial charge is 0.123 e. The van der Waals surface area contributed by atoms with Crippen molar-refractivity contribution in [2.75, 3.05) is 0 Å². The molecule has 2 N–H and O–H groups in total. The molecule has 0 saturated heterocycles. The number of aliphatic hydroxyl groups excluding tert-OH is 1. The summed E-state index contributed by atoms with van der Waals surface area (Å²) in [4.78, 5) is 0. The summed E-state index contributed by atoms with van der Waals surface area (Å²) >= 11 is 6.89. The number of dihydropyridines is 1. The molecule has 0 aromatic heterocycles. The molecular formula is C19H20ClNO. The second kappa shape index (κ2) is 4.42. The van der Waals surface area contributed by atoms with Gasteiger partial charge < -0.3 is 10.4 Å². The first kappa shape index (κ1) is 14.0. The van der Waals surface area contributed by atoms with Crippen LogP contribution in [0, 0.1) is 0 Å². The number of nitrogens with one attached hydrogen (secondary N) is 1. The predicted octanol–water partition coefficient (Wildman–Crippen LogP) is 4.65. The highest BCUT2D eigenvalue weighted by atomic mass is 35.5. The van der Waals surface area contributed by atoms with Crippen molar-refractivity contribution in [1.29, 1.82) is 0 Å². The van der Waals surface area contributed by atoms with Gasteiger partial charge in [0.15, 0.2) is 0 Å². The number of fused-ring (bicyclic) bond motifs is 3. The van der Waals surface area contributed by atoms with E-state index in [0.29, 0.717) is 5.76 Å². The Morgan fingerprint density at radius 2 is 2.00 bits per heavy atom. The van der Waals surface area contributed by atoms with E-state index in [1.54, 1.807) is 0 Å². The van der Waals surface area contributed by atoms with E-state index in [1.807, 2.05) is 18.2 Å². The van der Waals surface area contributed by atoms with Crippen LogP contribution in [0.4, 0.5) is 0 Å². The minimum Gasteiger partial charge on any atom is -0.507 e. The summed E-state index contributed by atoms with van der Waals surface area (Å²) in [5, 5.41) is 14.1. The molecule has 1 heterocycles. The molecule has 4 rings (SSSR count). The Bertz CT molecular complexity index is 769. The number of benzene rings is 1. The van der Waals surface area contributed by atoms with Gasteiger partial charge in [-0.2, -0.15) is 0 Å². The number of aliphatic hydroxyl groups is 1. The fraction of sp³-hybridized carbons (Fsp3) is 0.368. The highest BCUT2D eigenvalue weighted by Crippen LogP contribution is 2.53. The minimum atomic E-state index is -0.135. The maximum absolute atomic E-state index is 10.6. The first-order valence-corrected chi connectivity index (χ1v) is 8.19. The van der Waals surface area contributed by atoms with Crippen molar-refractivity contribution in [1.82, 2.24) is 5.32 Å². The zero-order chi connectivity index (χ0) is 15.6. The fourth-order valence-electron chi connectivity index (χ4n) is 4.25. The monoisotopic (exact) mass is 313 g/mol. The van der Waals surface area contributed by atoms with Gasteiger partial charge in [0, 0.05) is 23.6 Å². The second-order valence-electron chi connectivity index (χ2n) is 7.08. The van der Waals surface area contributed by atoms with Gasteiger partial charge in [0.1, 0.15) is 5.76 Å². The third-order valence-corrected chi connectivity index (χ3v) is 5.44. The molecular weight excluding hydrogens is 294 g/mol. The van der Waals surface area contributed by atoms with Gasteiger partial charge in [0.25, 0.3) is 0 Å². The average molecular weight is 314 g/mol. The summed E-state index contributed by atoms with van der Waals surface area (Å²) in [6.07, 6.45) is 3.00. The lowest BCUT2D eigenvalue weighted by molar-refractivity contribution is 0.480. The molecule has 1 aliphatic heterocycles. The quantitative estimate of drug-likeness (QED) is 0.684. The first-order valence-electron chi connectivity index (χ1n) is 7.75. The van der Waals surface area contributed by atoms with E-state index in [1.165, 1.54) is 11.1 Å². The Morgan fingerprint density at radius 3 is 2.77 bits per heavy atom. The summed E-state index contributed by atoms with van der Waals surface area (Å²) in [7, 11) is 0. The first-order chi connectivity index (χ1) is 10.4. The molecule has 0 amide bonds. The molecule has 1 aromatic carbocycles. The Kier molecular flexibility index (Phi) is 2.80. The molecule has 0 fully saturated rings. The van der Waals surface area contributed by atoms with Gasteiger partial charge in [-0.1, -0.05) is 30.3 Å². The van der Waals surface area contributed by atoms with E-state index in [9.17, 15) is 5.11 Å². The SMILES string of the molecule is CC1=CC(C)(C)NC2=C1C(Cl)C1C(=C(O)c3ccccc31)C2. The second-order valence-corrected chi connectivity index (χ2v) is 7.55. The van der Waals surface area contributed by atoms with E-state index in [2.05, 4.69) is 38.2 Å². The Labute approximate surface area is 136 Å². The number of hydrogen-bond acceptors (Lipinski definition) is 2. The fourth-order valence-corrected chi connectivity index (χ4v) is 4.84. The van der Waals surface area contributed by atoms with Gasteiger partial charge in [-0.25, -0.2) is 0 Å². The van der Waals surface area contributed by atoms with E-state index in [4.69, 9.17) is 11.6 Å². The van der Waals surface area contributed by atoms with Gasteiger partial charge in [0.2, 0.25) is 0 Å². The number of hydrogen-bond donors (Lipinski definition) is 2. The number of rotatable bonds is 0. The van der Waals surface area contributed by atoms with Crippen LogP contribution in [0.1, 0.15) is 44.2 Å². The summed E-state index contributed by atoms with van der Waals surface area (Å²) in [5.74, 6) is 0.507. The van der Waals surface area contributed by atoms with Crippen molar-refractivity contribution in [3.05, 3.63) is 63.9 Å². The molecule has 2 nitrogen and oxygen atoms in total. The molecule has 0 saturated carbocycles. The van der Waals surface area contributed by atoms with Crippen molar-refractivity contribution >= 4 is 17.4 Å². The molecule has 3 aliphatic rings. The summed E-state index contributed by atoms with van der Waals surface area (Å²) in [5.41, 5.74) is 6.69. The molecule has 0 spiro atoms. The van der Waals surface area contributed by atoms with Crippen molar-refractivity contribution in [2.45, 2.75) is 44.0 Å². The molecule has 1 aromatic rings. The van der Waals surface area contributed by atoms with Crippen LogP contribution >= 0.6 is 11.6 Å². The van der Waals surface area contributed by atoms with E-state index < -0.39 is 0 Å². The van der Waals surface area contributed by atoms with Crippen molar-refractivity contribution in [2.24, 2.45) is 0 Å². The lowest BCUT2D eigenvalue weighted by atomic mass is 9.76. The molecule has 2 unspecified atom stereocenters. The third-order valence-electron chi connectivity index (χ3n) is 4.97. The standard InChI is InChI=1S/C19H20ClNO/c1-10-9-19(2,3)21-14-8-13-16(17(20)15(10)14)11-6-4-5-7-12(11)18(13)22/h4-7,9,16-17,21-22H,8H2,1-3H3. The lowest BCUT2D eigenvalue weighted by Crippen LogP contribution is -2.43. The maximum atomic E-state index is 10.6. The van der Waals surface area contributed by atoms with Crippen molar-refractivity contribution in [3.63, 3.8) is 0 Å². The highest BCUT2D eigenvalue weighted by Gasteiger charge is 2.44. The molecule has 3 heteroatoms. The number of halogens is 1. The normalized spacial score (nSPS) is 28.6. The van der Waals surface area contributed by atoms with Gasteiger partial charge in [-0.3, -0.25) is 0 Å². The largest absolute Gasteiger partial charge is 0.507 e. The Balaban J connectivity index is 1.88. The molecule has 114 valence electrons. The maximum Gasteiger partial charge on any atom is 0.123 e. The topological polar surface area (TPSA) is 32.3 Å². The number of allylic oxidation sites excluding steroid dienone is 3. The molecule has 2 atom stereocenters. The van der Waals surface area contributed by atoms with Crippen LogP contribution in [0.25, 0.3) is 5.76 Å². The van der Waals surface area contributed by atoms with Crippen LogP contribution in [0.5, 0.6) is 0 Å². The van der Waals surface area contributed by atoms with Crippen molar-refractivity contribution < 1.29 is 5.11 Å². The Hall–Kier alpha value is -1.67. The predicted molar refractivity (Wildman–Crippen MR) is 91.0 cm³/mol. The zero-order valence-corrected chi connectivity index (χ0v) is 13.8. The molecule has 2 aliphatic carbocycles. The van der Waals surface area contributed by atoms with Gasteiger partial charge in [-0.05, 0) is 43.1 Å². The number of alkyl halides is 1. The van der Waals surface area contributed by atoms with Crippen LogP contribution < -0.4 is 5.32 Å². The van der Waals surface area contributed by atoms with Gasteiger partial charge in [-0.15, -0.1) is 11.6 Å². The highest BCUT2D eigenvalue weighted by molar-refractivity contribution is 6.24. The molecule has 0 bridgehead atoms. The van der Waals surface area contributed by atoms with Crippen LogP contribution in [-0.4, -0.2) is 16.0 Å². The van der Waals surface area contributed by atoms with Crippen LogP contribution in [0.2, 0.25) is 0 Å². The summed E-state index contributed by atoms with van der Waals surface area (Å²) in [6, 6.07) is 8.06. The van der Waals surface area contributed by atoms with Gasteiger partial charge >= 0.3 is 0 Å². The van der Waals surface area contributed by atoms with E-state index in [0.717, 1.165) is 28.8 Å². The Morgan fingerprint density at radius 1 is 1.27 bits per heavy atom.